The summed E-state index contributed by atoms with van der Waals surface area (Å²) in [4.78, 5) is 13.9. The topological polar surface area (TPSA) is 49.8 Å². The van der Waals surface area contributed by atoms with E-state index in [1.165, 1.54) is 0 Å². The van der Waals surface area contributed by atoms with E-state index in [4.69, 9.17) is 4.74 Å². The van der Waals surface area contributed by atoms with E-state index in [-0.39, 0.29) is 11.8 Å². The van der Waals surface area contributed by atoms with Gasteiger partial charge in [-0.2, -0.15) is 0 Å². The lowest BCUT2D eigenvalue weighted by atomic mass is 9.84. The normalized spacial score (nSPS) is 20.1. The molecule has 1 aliphatic heterocycles. The van der Waals surface area contributed by atoms with E-state index >= 15 is 0 Å². The Morgan fingerprint density at radius 3 is 2.55 bits per heavy atom. The Labute approximate surface area is 120 Å². The highest BCUT2D eigenvalue weighted by atomic mass is 16.5. The minimum atomic E-state index is -0.737. The first kappa shape index (κ1) is 14.9. The lowest BCUT2D eigenvalue weighted by molar-refractivity contribution is -0.138. The van der Waals surface area contributed by atoms with Crippen molar-refractivity contribution in [2.45, 2.75) is 38.8 Å². The largest absolute Gasteiger partial charge is 0.497 e. The van der Waals surface area contributed by atoms with Crippen LogP contribution in [0.15, 0.2) is 24.3 Å². The number of carbonyl (C=O) groups is 1. The molecular formula is C16H23NO3. The molecule has 1 atom stereocenters. The molecule has 1 saturated heterocycles. The number of hydrogen-bond donors (Lipinski definition) is 1. The van der Waals surface area contributed by atoms with Crippen LogP contribution >= 0.6 is 0 Å². The molecule has 0 aromatic heterocycles. The predicted molar refractivity (Wildman–Crippen MR) is 77.4 cm³/mol. The Hall–Kier alpha value is -1.55. The lowest BCUT2D eigenvalue weighted by Crippen LogP contribution is -2.46. The first-order valence-electron chi connectivity index (χ1n) is 7.03. The molecule has 0 bridgehead atoms. The van der Waals surface area contributed by atoms with Crippen molar-refractivity contribution in [2.75, 3.05) is 13.7 Å². The van der Waals surface area contributed by atoms with Gasteiger partial charge < -0.3 is 14.7 Å². The molecular weight excluding hydrogens is 254 g/mol. The van der Waals surface area contributed by atoms with Crippen LogP contribution in [0.4, 0.5) is 0 Å². The summed E-state index contributed by atoms with van der Waals surface area (Å²) in [5.74, 6) is 1.12. The Kier molecular flexibility index (Phi) is 4.33. The first-order valence-corrected chi connectivity index (χ1v) is 7.03. The highest BCUT2D eigenvalue weighted by Gasteiger charge is 2.34. The third-order valence-corrected chi connectivity index (χ3v) is 4.03. The second kappa shape index (κ2) is 5.83. The van der Waals surface area contributed by atoms with Gasteiger partial charge in [-0.3, -0.25) is 4.79 Å². The minimum Gasteiger partial charge on any atom is -0.497 e. The number of ether oxygens (including phenoxy) is 1. The molecule has 1 amide bonds. The number of methoxy groups -OCH3 is 1. The quantitative estimate of drug-likeness (QED) is 0.918. The van der Waals surface area contributed by atoms with Crippen LogP contribution in [-0.2, 0) is 11.3 Å². The van der Waals surface area contributed by atoms with Crippen molar-refractivity contribution in [3.05, 3.63) is 29.8 Å². The van der Waals surface area contributed by atoms with Crippen molar-refractivity contribution in [1.82, 2.24) is 4.90 Å². The molecule has 0 radical (unpaired) electrons. The standard InChI is InChI=1S/C16H23NO3/c1-16(2,19)13-6-9-15(18)17(11-13)10-12-4-7-14(20-3)8-5-12/h4-5,7-8,13,19H,6,9-11H2,1-3H3. The number of benzene rings is 1. The molecule has 1 N–H and O–H groups in total. The molecule has 4 nitrogen and oxygen atoms in total. The molecule has 1 aliphatic rings. The van der Waals surface area contributed by atoms with Crippen LogP contribution in [0.2, 0.25) is 0 Å². The molecule has 0 saturated carbocycles. The molecule has 4 heteroatoms. The molecule has 1 aromatic carbocycles. The van der Waals surface area contributed by atoms with Crippen molar-refractivity contribution in [1.29, 1.82) is 0 Å². The van der Waals surface area contributed by atoms with Gasteiger partial charge in [0.25, 0.3) is 0 Å². The highest BCUT2D eigenvalue weighted by Crippen LogP contribution is 2.28. The molecule has 1 aromatic rings. The maximum Gasteiger partial charge on any atom is 0.222 e. The predicted octanol–water partition coefficient (Wildman–Crippen LogP) is 2.20. The summed E-state index contributed by atoms with van der Waals surface area (Å²) in [5.41, 5.74) is 0.342. The fraction of sp³-hybridized carbons (Fsp3) is 0.562. The van der Waals surface area contributed by atoms with Gasteiger partial charge in [0.15, 0.2) is 0 Å². The number of amides is 1. The summed E-state index contributed by atoms with van der Waals surface area (Å²) < 4.78 is 5.13. The van der Waals surface area contributed by atoms with E-state index in [0.717, 1.165) is 17.7 Å². The van der Waals surface area contributed by atoms with Crippen molar-refractivity contribution >= 4 is 5.91 Å². The van der Waals surface area contributed by atoms with Crippen LogP contribution in [0, 0.1) is 5.92 Å². The van der Waals surface area contributed by atoms with Crippen LogP contribution in [0.3, 0.4) is 0 Å². The van der Waals surface area contributed by atoms with Gasteiger partial charge in [-0.15, -0.1) is 0 Å². The van der Waals surface area contributed by atoms with Crippen LogP contribution in [0.25, 0.3) is 0 Å². The van der Waals surface area contributed by atoms with Crippen molar-refractivity contribution in [2.24, 2.45) is 5.92 Å². The Morgan fingerprint density at radius 2 is 2.00 bits per heavy atom. The number of piperidine rings is 1. The second-order valence-electron chi connectivity index (χ2n) is 6.01. The average molecular weight is 277 g/mol. The smallest absolute Gasteiger partial charge is 0.222 e. The maximum absolute atomic E-state index is 12.0. The van der Waals surface area contributed by atoms with E-state index in [1.807, 2.05) is 43.0 Å². The average Bonchev–Trinajstić information content (AvgIpc) is 2.41. The fourth-order valence-corrected chi connectivity index (χ4v) is 2.60. The maximum atomic E-state index is 12.0. The summed E-state index contributed by atoms with van der Waals surface area (Å²) in [6.07, 6.45) is 1.28. The molecule has 1 fully saturated rings. The molecule has 110 valence electrons. The Bertz CT molecular complexity index is 462. The summed E-state index contributed by atoms with van der Waals surface area (Å²) in [6, 6.07) is 7.74. The number of nitrogens with zero attached hydrogens (tertiary/aromatic N) is 1. The van der Waals surface area contributed by atoms with Crippen LogP contribution in [-0.4, -0.2) is 35.2 Å². The summed E-state index contributed by atoms with van der Waals surface area (Å²) in [5, 5.41) is 10.1. The molecule has 20 heavy (non-hydrogen) atoms. The van der Waals surface area contributed by atoms with Gasteiger partial charge in [-0.25, -0.2) is 0 Å². The number of rotatable bonds is 4. The van der Waals surface area contributed by atoms with E-state index in [9.17, 15) is 9.90 Å². The third kappa shape index (κ3) is 3.51. The van der Waals surface area contributed by atoms with E-state index in [1.54, 1.807) is 7.11 Å². The minimum absolute atomic E-state index is 0.137. The monoisotopic (exact) mass is 277 g/mol. The summed E-state index contributed by atoms with van der Waals surface area (Å²) in [7, 11) is 1.64. The molecule has 0 spiro atoms. The number of carbonyl (C=O) groups excluding carboxylic acids is 1. The van der Waals surface area contributed by atoms with Gasteiger partial charge in [0.05, 0.1) is 12.7 Å². The van der Waals surface area contributed by atoms with E-state index in [0.29, 0.717) is 19.5 Å². The first-order chi connectivity index (χ1) is 9.40. The number of likely N-dealkylation sites (tertiary alicyclic amines) is 1. The van der Waals surface area contributed by atoms with Gasteiger partial charge in [0.2, 0.25) is 5.91 Å². The highest BCUT2D eigenvalue weighted by molar-refractivity contribution is 5.77. The Balaban J connectivity index is 2.04. The fourth-order valence-electron chi connectivity index (χ4n) is 2.60. The second-order valence-corrected chi connectivity index (χ2v) is 6.01. The summed E-state index contributed by atoms with van der Waals surface area (Å²) in [6.45, 7) is 4.85. The van der Waals surface area contributed by atoms with Gasteiger partial charge in [0, 0.05) is 25.4 Å². The SMILES string of the molecule is COc1ccc(CN2CC(C(C)(C)O)CCC2=O)cc1. The van der Waals surface area contributed by atoms with E-state index < -0.39 is 5.60 Å². The number of hydrogen-bond acceptors (Lipinski definition) is 3. The third-order valence-electron chi connectivity index (χ3n) is 4.03. The summed E-state index contributed by atoms with van der Waals surface area (Å²) >= 11 is 0. The van der Waals surface area contributed by atoms with Gasteiger partial charge >= 0.3 is 0 Å². The van der Waals surface area contributed by atoms with Gasteiger partial charge in [-0.05, 0) is 38.0 Å². The van der Waals surface area contributed by atoms with Crippen molar-refractivity contribution < 1.29 is 14.6 Å². The van der Waals surface area contributed by atoms with Gasteiger partial charge in [-0.1, -0.05) is 12.1 Å². The zero-order chi connectivity index (χ0) is 14.8. The molecule has 0 aliphatic carbocycles. The zero-order valence-electron chi connectivity index (χ0n) is 12.4. The molecule has 2 rings (SSSR count). The van der Waals surface area contributed by atoms with Gasteiger partial charge in [0.1, 0.15) is 5.75 Å². The van der Waals surface area contributed by atoms with Crippen molar-refractivity contribution in [3.8, 4) is 5.75 Å². The van der Waals surface area contributed by atoms with Crippen molar-refractivity contribution in [3.63, 3.8) is 0 Å². The van der Waals surface area contributed by atoms with Crippen LogP contribution in [0.1, 0.15) is 32.3 Å². The molecule has 1 heterocycles. The zero-order valence-corrected chi connectivity index (χ0v) is 12.4. The lowest BCUT2D eigenvalue weighted by Gasteiger charge is -2.38. The van der Waals surface area contributed by atoms with Crippen LogP contribution < -0.4 is 4.74 Å². The Morgan fingerprint density at radius 1 is 1.35 bits per heavy atom. The van der Waals surface area contributed by atoms with Crippen LogP contribution in [0.5, 0.6) is 5.75 Å². The van der Waals surface area contributed by atoms with E-state index in [2.05, 4.69) is 0 Å². The number of aliphatic hydroxyl groups is 1. The molecule has 1 unspecified atom stereocenters.